The Hall–Kier alpha value is -3.11. The number of hydrogen-bond acceptors (Lipinski definition) is 6. The number of alkyl halides is 3. The van der Waals surface area contributed by atoms with Crippen molar-refractivity contribution >= 4 is 11.6 Å². The molecule has 10 heteroatoms. The molecular formula is C21H24F3N3O4. The van der Waals surface area contributed by atoms with E-state index in [0.717, 1.165) is 5.56 Å². The minimum Gasteiger partial charge on any atom is -0.405 e. The largest absolute Gasteiger partial charge is 0.573 e. The summed E-state index contributed by atoms with van der Waals surface area (Å²) < 4.78 is 42.0. The van der Waals surface area contributed by atoms with E-state index < -0.39 is 12.4 Å². The first-order valence-corrected chi connectivity index (χ1v) is 9.28. The summed E-state index contributed by atoms with van der Waals surface area (Å²) in [6.07, 6.45) is -4.82. The van der Waals surface area contributed by atoms with Crippen LogP contribution in [0.2, 0.25) is 0 Å². The number of ether oxygens (including phenoxy) is 1. The van der Waals surface area contributed by atoms with Crippen LogP contribution >= 0.6 is 0 Å². The van der Waals surface area contributed by atoms with E-state index in [-0.39, 0.29) is 29.5 Å². The Labute approximate surface area is 178 Å². The molecule has 0 bridgehead atoms. The van der Waals surface area contributed by atoms with E-state index in [9.17, 15) is 18.0 Å². The number of carbonyl (C=O) groups excluding carboxylic acids is 1. The highest BCUT2D eigenvalue weighted by Crippen LogP contribution is 2.27. The number of para-hydroxylation sites is 1. The van der Waals surface area contributed by atoms with Gasteiger partial charge in [0, 0.05) is 18.2 Å². The SMILES string of the molecule is CNC(=O)C(NOC)c1cccc(C)c1CO/N=C(\C)c1ccccc1OC(F)(F)F. The molecule has 31 heavy (non-hydrogen) atoms. The molecule has 0 aliphatic heterocycles. The monoisotopic (exact) mass is 439 g/mol. The van der Waals surface area contributed by atoms with Gasteiger partial charge in [0.05, 0.1) is 12.8 Å². The lowest BCUT2D eigenvalue weighted by atomic mass is 9.96. The summed E-state index contributed by atoms with van der Waals surface area (Å²) in [4.78, 5) is 22.6. The van der Waals surface area contributed by atoms with Crippen LogP contribution in [0.3, 0.4) is 0 Å². The van der Waals surface area contributed by atoms with E-state index in [0.29, 0.717) is 11.1 Å². The van der Waals surface area contributed by atoms with Crippen molar-refractivity contribution in [3.05, 3.63) is 64.7 Å². The van der Waals surface area contributed by atoms with Crippen molar-refractivity contribution in [3.63, 3.8) is 0 Å². The lowest BCUT2D eigenvalue weighted by Gasteiger charge is -2.20. The van der Waals surface area contributed by atoms with Crippen LogP contribution in [-0.2, 0) is 21.1 Å². The first-order valence-electron chi connectivity index (χ1n) is 9.28. The molecule has 0 fully saturated rings. The van der Waals surface area contributed by atoms with Crippen LogP contribution in [0.5, 0.6) is 5.75 Å². The molecule has 2 aromatic carbocycles. The van der Waals surface area contributed by atoms with Gasteiger partial charge in [-0.15, -0.1) is 13.2 Å². The van der Waals surface area contributed by atoms with Gasteiger partial charge in [0.1, 0.15) is 18.4 Å². The van der Waals surface area contributed by atoms with Crippen LogP contribution in [0.4, 0.5) is 13.2 Å². The number of nitrogens with zero attached hydrogens (tertiary/aromatic N) is 1. The summed E-state index contributed by atoms with van der Waals surface area (Å²) in [6.45, 7) is 3.34. The van der Waals surface area contributed by atoms with Gasteiger partial charge in [-0.1, -0.05) is 35.5 Å². The van der Waals surface area contributed by atoms with Crippen molar-refractivity contribution in [1.29, 1.82) is 0 Å². The zero-order valence-electron chi connectivity index (χ0n) is 17.5. The topological polar surface area (TPSA) is 81.2 Å². The minimum atomic E-state index is -4.82. The van der Waals surface area contributed by atoms with Crippen molar-refractivity contribution in [1.82, 2.24) is 10.8 Å². The first-order chi connectivity index (χ1) is 14.7. The van der Waals surface area contributed by atoms with Crippen LogP contribution in [0.15, 0.2) is 47.6 Å². The number of hydrogen-bond donors (Lipinski definition) is 2. The molecule has 0 radical (unpaired) electrons. The average Bonchev–Trinajstić information content (AvgIpc) is 2.72. The molecule has 2 N–H and O–H groups in total. The summed E-state index contributed by atoms with van der Waals surface area (Å²) >= 11 is 0. The first kappa shape index (κ1) is 24.2. The van der Waals surface area contributed by atoms with Gasteiger partial charge in [-0.3, -0.25) is 4.79 Å². The van der Waals surface area contributed by atoms with Gasteiger partial charge < -0.3 is 19.7 Å². The second kappa shape index (κ2) is 10.8. The number of nitrogens with one attached hydrogen (secondary N) is 2. The van der Waals surface area contributed by atoms with Gasteiger partial charge in [0.2, 0.25) is 5.91 Å². The molecule has 168 valence electrons. The van der Waals surface area contributed by atoms with Gasteiger partial charge in [-0.2, -0.15) is 5.48 Å². The summed E-state index contributed by atoms with van der Waals surface area (Å²) in [6, 6.07) is 10.2. The lowest BCUT2D eigenvalue weighted by molar-refractivity contribution is -0.274. The second-order valence-corrected chi connectivity index (χ2v) is 6.51. The summed E-state index contributed by atoms with van der Waals surface area (Å²) in [7, 11) is 2.91. The van der Waals surface area contributed by atoms with Crippen LogP contribution < -0.4 is 15.5 Å². The van der Waals surface area contributed by atoms with E-state index in [4.69, 9.17) is 9.68 Å². The second-order valence-electron chi connectivity index (χ2n) is 6.51. The normalized spacial score (nSPS) is 12.9. The number of benzene rings is 2. The number of halogens is 3. The predicted octanol–water partition coefficient (Wildman–Crippen LogP) is 3.77. The molecule has 0 saturated carbocycles. The standard InChI is InChI=1S/C21H24F3N3O4/c1-13-8-7-10-16(19(27-29-4)20(28)25-3)17(13)12-30-26-14(2)15-9-5-6-11-18(15)31-21(22,23)24/h5-11,19,27H,12H2,1-4H3,(H,25,28)/b26-14+. The Morgan fingerprint density at radius 2 is 1.87 bits per heavy atom. The van der Waals surface area contributed by atoms with Crippen molar-refractivity contribution in [2.24, 2.45) is 5.16 Å². The van der Waals surface area contributed by atoms with Crippen molar-refractivity contribution in [3.8, 4) is 5.75 Å². The molecule has 0 spiro atoms. The minimum absolute atomic E-state index is 0.0134. The van der Waals surface area contributed by atoms with E-state index >= 15 is 0 Å². The molecular weight excluding hydrogens is 415 g/mol. The maximum Gasteiger partial charge on any atom is 0.573 e. The Morgan fingerprint density at radius 3 is 2.52 bits per heavy atom. The maximum atomic E-state index is 12.6. The molecule has 1 atom stereocenters. The molecule has 2 rings (SSSR count). The smallest absolute Gasteiger partial charge is 0.405 e. The lowest BCUT2D eigenvalue weighted by Crippen LogP contribution is -2.36. The van der Waals surface area contributed by atoms with Crippen molar-refractivity contribution in [2.75, 3.05) is 14.2 Å². The predicted molar refractivity (Wildman–Crippen MR) is 108 cm³/mol. The zero-order valence-corrected chi connectivity index (χ0v) is 17.5. The molecule has 2 aromatic rings. The molecule has 0 aromatic heterocycles. The number of likely N-dealkylation sites (N-methyl/N-ethyl adjacent to an activating group) is 1. The van der Waals surface area contributed by atoms with Crippen LogP contribution in [0.25, 0.3) is 0 Å². The highest BCUT2D eigenvalue weighted by Gasteiger charge is 2.32. The molecule has 0 aliphatic rings. The van der Waals surface area contributed by atoms with E-state index in [2.05, 4.69) is 20.7 Å². The van der Waals surface area contributed by atoms with E-state index in [1.54, 1.807) is 18.2 Å². The molecule has 0 saturated heterocycles. The fourth-order valence-corrected chi connectivity index (χ4v) is 2.94. The fourth-order valence-electron chi connectivity index (χ4n) is 2.94. The number of aryl methyl sites for hydroxylation is 1. The third-order valence-corrected chi connectivity index (χ3v) is 4.41. The van der Waals surface area contributed by atoms with Crippen LogP contribution in [-0.4, -0.2) is 32.1 Å². The Morgan fingerprint density at radius 1 is 1.16 bits per heavy atom. The van der Waals surface area contributed by atoms with Gasteiger partial charge in [-0.25, -0.2) is 0 Å². The highest BCUT2D eigenvalue weighted by atomic mass is 19.4. The molecule has 1 amide bonds. The van der Waals surface area contributed by atoms with E-state index in [1.807, 2.05) is 13.0 Å². The third kappa shape index (κ3) is 6.69. The van der Waals surface area contributed by atoms with Crippen LogP contribution in [0, 0.1) is 6.92 Å². The van der Waals surface area contributed by atoms with Crippen molar-refractivity contribution in [2.45, 2.75) is 32.9 Å². The third-order valence-electron chi connectivity index (χ3n) is 4.41. The van der Waals surface area contributed by atoms with Gasteiger partial charge >= 0.3 is 6.36 Å². The maximum absolute atomic E-state index is 12.6. The zero-order chi connectivity index (χ0) is 23.0. The molecule has 1 unspecified atom stereocenters. The van der Waals surface area contributed by atoms with Crippen LogP contribution in [0.1, 0.15) is 35.2 Å². The number of rotatable bonds is 9. The number of amides is 1. The highest BCUT2D eigenvalue weighted by molar-refractivity contribution is 6.00. The number of carbonyl (C=O) groups is 1. The van der Waals surface area contributed by atoms with Gasteiger partial charge in [0.25, 0.3) is 0 Å². The van der Waals surface area contributed by atoms with Gasteiger partial charge in [-0.05, 0) is 37.1 Å². The van der Waals surface area contributed by atoms with Gasteiger partial charge in [0.15, 0.2) is 0 Å². The average molecular weight is 439 g/mol. The summed E-state index contributed by atoms with van der Waals surface area (Å²) in [5, 5.41) is 6.51. The summed E-state index contributed by atoms with van der Waals surface area (Å²) in [5.74, 6) is -0.688. The Kier molecular flexibility index (Phi) is 8.40. The van der Waals surface area contributed by atoms with E-state index in [1.165, 1.54) is 39.3 Å². The molecule has 7 nitrogen and oxygen atoms in total. The summed E-state index contributed by atoms with van der Waals surface area (Å²) in [5.41, 5.74) is 5.15. The Bertz CT molecular complexity index is 932. The molecule has 0 heterocycles. The molecule has 0 aliphatic carbocycles. The number of hydroxylamine groups is 1. The quantitative estimate of drug-likeness (QED) is 0.459. The number of oxime groups is 1. The Balaban J connectivity index is 2.26. The fraction of sp³-hybridized carbons (Fsp3) is 0.333. The van der Waals surface area contributed by atoms with Crippen molar-refractivity contribution < 1.29 is 32.4 Å².